The van der Waals surface area contributed by atoms with Crippen LogP contribution in [0.1, 0.15) is 49.2 Å². The van der Waals surface area contributed by atoms with Crippen molar-refractivity contribution < 1.29 is 8.83 Å². The highest BCUT2D eigenvalue weighted by Crippen LogP contribution is 2.43. The van der Waals surface area contributed by atoms with Crippen LogP contribution in [-0.2, 0) is 5.54 Å². The molecule has 1 aliphatic carbocycles. The highest BCUT2D eigenvalue weighted by molar-refractivity contribution is 5.99. The minimum Gasteiger partial charge on any atom is -0.461 e. The Bertz CT molecular complexity index is 764. The quantitative estimate of drug-likeness (QED) is 0.690. The van der Waals surface area contributed by atoms with Crippen molar-refractivity contribution in [3.05, 3.63) is 35.3 Å². The van der Waals surface area contributed by atoms with Crippen LogP contribution in [0.4, 0.5) is 0 Å². The van der Waals surface area contributed by atoms with Gasteiger partial charge in [0.15, 0.2) is 0 Å². The number of fused-ring (bicyclic) bond motifs is 2. The van der Waals surface area contributed by atoms with Gasteiger partial charge < -0.3 is 14.6 Å². The van der Waals surface area contributed by atoms with Crippen LogP contribution in [0, 0.1) is 13.8 Å². The molecule has 3 heteroatoms. The summed E-state index contributed by atoms with van der Waals surface area (Å²) in [5.41, 5.74) is 9.56. The van der Waals surface area contributed by atoms with Crippen molar-refractivity contribution in [1.29, 1.82) is 0 Å². The fourth-order valence-electron chi connectivity index (χ4n) is 3.86. The van der Waals surface area contributed by atoms with Crippen molar-refractivity contribution in [2.24, 2.45) is 5.73 Å². The van der Waals surface area contributed by atoms with Crippen LogP contribution in [0.2, 0.25) is 0 Å². The Morgan fingerprint density at radius 3 is 2.43 bits per heavy atom. The zero-order valence-corrected chi connectivity index (χ0v) is 12.7. The Labute approximate surface area is 124 Å². The number of furan rings is 2. The van der Waals surface area contributed by atoms with E-state index in [2.05, 4.69) is 18.2 Å². The van der Waals surface area contributed by atoms with E-state index in [4.69, 9.17) is 14.6 Å². The first kappa shape index (κ1) is 13.0. The van der Waals surface area contributed by atoms with Crippen LogP contribution in [-0.4, -0.2) is 0 Å². The molecular weight excluding hydrogens is 262 g/mol. The van der Waals surface area contributed by atoms with E-state index in [1.165, 1.54) is 19.3 Å². The molecule has 0 bridgehead atoms. The highest BCUT2D eigenvalue weighted by Gasteiger charge is 2.34. The van der Waals surface area contributed by atoms with Gasteiger partial charge in [-0.15, -0.1) is 0 Å². The molecule has 2 aromatic heterocycles. The second kappa shape index (κ2) is 4.38. The van der Waals surface area contributed by atoms with E-state index in [0.717, 1.165) is 51.9 Å². The van der Waals surface area contributed by atoms with Crippen molar-refractivity contribution in [2.75, 3.05) is 0 Å². The third kappa shape index (κ3) is 1.91. The Kier molecular flexibility index (Phi) is 2.70. The Morgan fingerprint density at radius 1 is 0.952 bits per heavy atom. The molecule has 21 heavy (non-hydrogen) atoms. The summed E-state index contributed by atoms with van der Waals surface area (Å²) < 4.78 is 11.9. The van der Waals surface area contributed by atoms with E-state index in [0.29, 0.717) is 0 Å². The lowest BCUT2D eigenvalue weighted by atomic mass is 9.76. The molecule has 1 aromatic carbocycles. The van der Waals surface area contributed by atoms with Gasteiger partial charge in [-0.3, -0.25) is 0 Å². The maximum absolute atomic E-state index is 6.83. The van der Waals surface area contributed by atoms with Crippen molar-refractivity contribution in [3.63, 3.8) is 0 Å². The molecule has 3 nitrogen and oxygen atoms in total. The minimum absolute atomic E-state index is 0.295. The average Bonchev–Trinajstić information content (AvgIpc) is 2.96. The number of hydrogen-bond donors (Lipinski definition) is 1. The number of hydrogen-bond acceptors (Lipinski definition) is 3. The number of nitrogens with two attached hydrogens (primary N) is 1. The van der Waals surface area contributed by atoms with E-state index < -0.39 is 0 Å². The number of rotatable bonds is 1. The SMILES string of the molecule is Cc1cc2c(C3(N)CCCCC3)c3oc(C)cc3cc2o1. The van der Waals surface area contributed by atoms with Crippen molar-refractivity contribution in [1.82, 2.24) is 0 Å². The molecular formula is C18H21NO2. The lowest BCUT2D eigenvalue weighted by Gasteiger charge is -2.34. The summed E-state index contributed by atoms with van der Waals surface area (Å²) in [6.07, 6.45) is 5.69. The molecule has 3 aromatic rings. The zero-order chi connectivity index (χ0) is 14.6. The third-order valence-electron chi connectivity index (χ3n) is 4.79. The topological polar surface area (TPSA) is 52.3 Å². The van der Waals surface area contributed by atoms with Gasteiger partial charge >= 0.3 is 0 Å². The van der Waals surface area contributed by atoms with Gasteiger partial charge in [-0.25, -0.2) is 0 Å². The second-order valence-corrected chi connectivity index (χ2v) is 6.51. The van der Waals surface area contributed by atoms with E-state index in [9.17, 15) is 0 Å². The summed E-state index contributed by atoms with van der Waals surface area (Å²) in [6.45, 7) is 3.97. The fraction of sp³-hybridized carbons (Fsp3) is 0.444. The first-order chi connectivity index (χ1) is 10.1. The fourth-order valence-corrected chi connectivity index (χ4v) is 3.86. The van der Waals surface area contributed by atoms with E-state index >= 15 is 0 Å². The Balaban J connectivity index is 2.10. The van der Waals surface area contributed by atoms with Gasteiger partial charge in [-0.2, -0.15) is 0 Å². The maximum Gasteiger partial charge on any atom is 0.140 e. The summed E-state index contributed by atoms with van der Waals surface area (Å²) in [7, 11) is 0. The van der Waals surface area contributed by atoms with Gasteiger partial charge in [-0.05, 0) is 44.9 Å². The third-order valence-corrected chi connectivity index (χ3v) is 4.79. The average molecular weight is 283 g/mol. The summed E-state index contributed by atoms with van der Waals surface area (Å²) in [4.78, 5) is 0. The van der Waals surface area contributed by atoms with Crippen LogP contribution >= 0.6 is 0 Å². The molecule has 2 N–H and O–H groups in total. The summed E-state index contributed by atoms with van der Waals surface area (Å²) in [6, 6.07) is 6.25. The molecule has 0 saturated heterocycles. The first-order valence-electron chi connectivity index (χ1n) is 7.79. The standard InChI is InChI=1S/C18H21NO2/c1-11-8-13-10-15-14(9-12(2)20-15)16(17(13)21-11)18(19)6-4-3-5-7-18/h8-10H,3-7,19H2,1-2H3. The first-order valence-corrected chi connectivity index (χ1v) is 7.79. The van der Waals surface area contributed by atoms with Gasteiger partial charge in [0, 0.05) is 21.9 Å². The highest BCUT2D eigenvalue weighted by atomic mass is 16.3. The lowest BCUT2D eigenvalue weighted by Crippen LogP contribution is -2.38. The van der Waals surface area contributed by atoms with E-state index in [1.54, 1.807) is 0 Å². The van der Waals surface area contributed by atoms with Crippen LogP contribution in [0.25, 0.3) is 21.9 Å². The van der Waals surface area contributed by atoms with Crippen LogP contribution in [0.3, 0.4) is 0 Å². The molecule has 1 saturated carbocycles. The minimum atomic E-state index is -0.295. The van der Waals surface area contributed by atoms with Gasteiger partial charge in [-0.1, -0.05) is 19.3 Å². The Hall–Kier alpha value is -1.74. The van der Waals surface area contributed by atoms with Crippen LogP contribution < -0.4 is 5.73 Å². The smallest absolute Gasteiger partial charge is 0.140 e. The van der Waals surface area contributed by atoms with Crippen LogP contribution in [0.15, 0.2) is 27.0 Å². The lowest BCUT2D eigenvalue weighted by molar-refractivity contribution is 0.304. The van der Waals surface area contributed by atoms with Gasteiger partial charge in [0.25, 0.3) is 0 Å². The molecule has 0 aliphatic heterocycles. The predicted molar refractivity (Wildman–Crippen MR) is 84.4 cm³/mol. The molecule has 4 rings (SSSR count). The number of benzene rings is 1. The van der Waals surface area contributed by atoms with Gasteiger partial charge in [0.05, 0.1) is 0 Å². The van der Waals surface area contributed by atoms with E-state index in [1.807, 2.05) is 13.8 Å². The normalized spacial score (nSPS) is 18.6. The molecule has 0 atom stereocenters. The van der Waals surface area contributed by atoms with Crippen molar-refractivity contribution in [2.45, 2.75) is 51.5 Å². The molecule has 1 aliphatic rings. The van der Waals surface area contributed by atoms with Gasteiger partial charge in [0.1, 0.15) is 22.7 Å². The summed E-state index contributed by atoms with van der Waals surface area (Å²) >= 11 is 0. The summed E-state index contributed by atoms with van der Waals surface area (Å²) in [5, 5.41) is 2.22. The van der Waals surface area contributed by atoms with Gasteiger partial charge in [0.2, 0.25) is 0 Å². The summed E-state index contributed by atoms with van der Waals surface area (Å²) in [5.74, 6) is 1.85. The molecule has 1 fully saturated rings. The largest absolute Gasteiger partial charge is 0.461 e. The maximum atomic E-state index is 6.83. The van der Waals surface area contributed by atoms with Crippen molar-refractivity contribution in [3.8, 4) is 0 Å². The predicted octanol–water partition coefficient (Wildman–Crippen LogP) is 4.91. The van der Waals surface area contributed by atoms with Crippen molar-refractivity contribution >= 4 is 21.9 Å². The Morgan fingerprint density at radius 2 is 1.67 bits per heavy atom. The molecule has 0 radical (unpaired) electrons. The zero-order valence-electron chi connectivity index (χ0n) is 12.7. The molecule has 0 amide bonds. The molecule has 110 valence electrons. The molecule has 0 spiro atoms. The number of aryl methyl sites for hydroxylation is 2. The molecule has 2 heterocycles. The van der Waals surface area contributed by atoms with E-state index in [-0.39, 0.29) is 5.54 Å². The van der Waals surface area contributed by atoms with Crippen LogP contribution in [0.5, 0.6) is 0 Å². The molecule has 0 unspecified atom stereocenters. The monoisotopic (exact) mass is 283 g/mol. The second-order valence-electron chi connectivity index (χ2n) is 6.51.